The first-order valence-electron chi connectivity index (χ1n) is 13.4. The first-order valence-corrected chi connectivity index (χ1v) is 13.4. The smallest absolute Gasteiger partial charge is 0.327 e. The molecule has 2 N–H and O–H groups in total. The normalized spacial score (nSPS) is 21.9. The highest BCUT2D eigenvalue weighted by Crippen LogP contribution is 2.36. The van der Waals surface area contributed by atoms with Crippen LogP contribution in [0.25, 0.3) is 0 Å². The second kappa shape index (κ2) is 11.4. The molecule has 4 heterocycles. The molecule has 3 saturated heterocycles. The van der Waals surface area contributed by atoms with E-state index in [2.05, 4.69) is 10.3 Å². The van der Waals surface area contributed by atoms with Gasteiger partial charge in [0.15, 0.2) is 6.04 Å². The molecular weight excluding hydrogens is 502 g/mol. The number of aliphatic carboxylic acids is 1. The van der Waals surface area contributed by atoms with Crippen LogP contribution in [0.1, 0.15) is 35.2 Å². The number of nitrogens with zero attached hydrogens (tertiary/aromatic N) is 4. The second-order valence-electron chi connectivity index (χ2n) is 10.4. The third-order valence-electron chi connectivity index (χ3n) is 7.79. The number of β-lactam (4-membered cyclic amide) rings is 1. The molecule has 0 bridgehead atoms. The van der Waals surface area contributed by atoms with E-state index in [1.54, 1.807) is 35.4 Å². The van der Waals surface area contributed by atoms with E-state index in [-0.39, 0.29) is 43.9 Å². The number of piperazine rings is 1. The highest BCUT2D eigenvalue weighted by atomic mass is 16.5. The number of hydrogen-bond donors (Lipinski definition) is 2. The molecule has 2 aromatic rings. The van der Waals surface area contributed by atoms with Crippen LogP contribution >= 0.6 is 0 Å². The van der Waals surface area contributed by atoms with Gasteiger partial charge in [-0.25, -0.2) is 19.5 Å². The van der Waals surface area contributed by atoms with Gasteiger partial charge in [-0.2, -0.15) is 0 Å². The summed E-state index contributed by atoms with van der Waals surface area (Å²) in [5, 5.41) is 13.1. The number of pyridine rings is 1. The number of urea groups is 1. The minimum Gasteiger partial charge on any atom is -0.480 e. The minimum atomic E-state index is -1.16. The molecule has 0 aliphatic carbocycles. The standard InChI is InChI=1S/C28H33N5O6/c1-18-4-6-20(7-5-18)39-24-21(3-2-10-30-24)25(34)31-13-15-32(16-14-31)28(38)33-23(27(36)37)22(26(33)35)17-19-8-11-29-12-9-19/h2-7,10,19,22-23,29H,8-9,11-17H2,1H3,(H,36,37)/t22-,23+/m1/s1. The number of carbonyl (C=O) groups excluding carboxylic acids is 3. The Bertz CT molecular complexity index is 1240. The molecule has 0 spiro atoms. The number of rotatable bonds is 6. The van der Waals surface area contributed by atoms with Crippen molar-refractivity contribution in [1.29, 1.82) is 0 Å². The molecule has 0 unspecified atom stereocenters. The molecule has 1 aromatic carbocycles. The number of amides is 4. The van der Waals surface area contributed by atoms with Gasteiger partial charge in [-0.15, -0.1) is 0 Å². The molecule has 0 radical (unpaired) electrons. The Kier molecular flexibility index (Phi) is 7.78. The molecule has 3 aliphatic heterocycles. The number of hydrogen-bond acceptors (Lipinski definition) is 7. The first-order chi connectivity index (χ1) is 18.8. The zero-order chi connectivity index (χ0) is 27.5. The molecule has 206 valence electrons. The van der Waals surface area contributed by atoms with Crippen molar-refractivity contribution in [3.8, 4) is 11.6 Å². The number of piperidine rings is 1. The summed E-state index contributed by atoms with van der Waals surface area (Å²) < 4.78 is 5.87. The molecule has 39 heavy (non-hydrogen) atoms. The summed E-state index contributed by atoms with van der Waals surface area (Å²) in [5.41, 5.74) is 1.39. The number of nitrogens with one attached hydrogen (secondary N) is 1. The van der Waals surface area contributed by atoms with Gasteiger partial charge in [-0.05, 0) is 69.5 Å². The SMILES string of the molecule is Cc1ccc(Oc2ncccc2C(=O)N2CCN(C(=O)N3C(=O)[C@H](CC4CCNCC4)[C@H]3C(=O)O)CC2)cc1. The van der Waals surface area contributed by atoms with Gasteiger partial charge in [0.05, 0.1) is 5.92 Å². The molecule has 11 heteroatoms. The van der Waals surface area contributed by atoms with Crippen LogP contribution in [0.2, 0.25) is 0 Å². The molecule has 5 rings (SSSR count). The fourth-order valence-electron chi connectivity index (χ4n) is 5.53. The summed E-state index contributed by atoms with van der Waals surface area (Å²) in [4.78, 5) is 59.6. The quantitative estimate of drug-likeness (QED) is 0.539. The number of carboxylic acids is 1. The number of ether oxygens (including phenoxy) is 1. The van der Waals surface area contributed by atoms with E-state index < -0.39 is 29.9 Å². The van der Waals surface area contributed by atoms with E-state index in [9.17, 15) is 24.3 Å². The molecule has 11 nitrogen and oxygen atoms in total. The molecule has 0 saturated carbocycles. The van der Waals surface area contributed by atoms with E-state index in [0.717, 1.165) is 36.4 Å². The second-order valence-corrected chi connectivity index (χ2v) is 10.4. The summed E-state index contributed by atoms with van der Waals surface area (Å²) in [6.45, 7) is 4.53. The lowest BCUT2D eigenvalue weighted by molar-refractivity contribution is -0.167. The molecule has 1 aromatic heterocycles. The highest BCUT2D eigenvalue weighted by molar-refractivity contribution is 6.07. The van der Waals surface area contributed by atoms with Gasteiger partial charge in [0, 0.05) is 32.4 Å². The zero-order valence-electron chi connectivity index (χ0n) is 21.9. The molecular formula is C28H33N5O6. The first kappa shape index (κ1) is 26.6. The highest BCUT2D eigenvalue weighted by Gasteiger charge is 2.56. The van der Waals surface area contributed by atoms with Crippen molar-refractivity contribution < 1.29 is 29.0 Å². The van der Waals surface area contributed by atoms with Crippen LogP contribution in [0.15, 0.2) is 42.6 Å². The van der Waals surface area contributed by atoms with Crippen LogP contribution < -0.4 is 10.1 Å². The zero-order valence-corrected chi connectivity index (χ0v) is 21.9. The minimum absolute atomic E-state index is 0.189. The number of benzene rings is 1. The van der Waals surface area contributed by atoms with E-state index >= 15 is 0 Å². The van der Waals surface area contributed by atoms with Gasteiger partial charge >= 0.3 is 12.0 Å². The predicted molar refractivity (Wildman–Crippen MR) is 140 cm³/mol. The molecule has 3 fully saturated rings. The van der Waals surface area contributed by atoms with Crippen LogP contribution in [0.4, 0.5) is 4.79 Å². The number of carbonyl (C=O) groups is 4. The largest absolute Gasteiger partial charge is 0.480 e. The number of aromatic nitrogens is 1. The maximum Gasteiger partial charge on any atom is 0.327 e. The van der Waals surface area contributed by atoms with Crippen molar-refractivity contribution in [1.82, 2.24) is 25.0 Å². The van der Waals surface area contributed by atoms with Crippen LogP contribution in [0.3, 0.4) is 0 Å². The predicted octanol–water partition coefficient (Wildman–Crippen LogP) is 2.36. The monoisotopic (exact) mass is 535 g/mol. The van der Waals surface area contributed by atoms with Crippen molar-refractivity contribution >= 4 is 23.8 Å². The van der Waals surface area contributed by atoms with Crippen molar-refractivity contribution in [2.45, 2.75) is 32.2 Å². The molecule has 4 amide bonds. The van der Waals surface area contributed by atoms with Crippen molar-refractivity contribution in [3.63, 3.8) is 0 Å². The van der Waals surface area contributed by atoms with Crippen molar-refractivity contribution in [2.24, 2.45) is 11.8 Å². The number of imide groups is 1. The Labute approximate surface area is 226 Å². The Balaban J connectivity index is 1.20. The van der Waals surface area contributed by atoms with Gasteiger partial charge in [0.25, 0.3) is 5.91 Å². The Hall–Kier alpha value is -3.99. The maximum atomic E-state index is 13.3. The van der Waals surface area contributed by atoms with Gasteiger partial charge in [0.2, 0.25) is 11.8 Å². The summed E-state index contributed by atoms with van der Waals surface area (Å²) in [6.07, 6.45) is 3.84. The summed E-state index contributed by atoms with van der Waals surface area (Å²) in [5.74, 6) is -1.49. The number of aryl methyl sites for hydroxylation is 1. The summed E-state index contributed by atoms with van der Waals surface area (Å²) >= 11 is 0. The fourth-order valence-corrected chi connectivity index (χ4v) is 5.53. The van der Waals surface area contributed by atoms with E-state index in [0.29, 0.717) is 17.7 Å². The van der Waals surface area contributed by atoms with Gasteiger partial charge in [-0.1, -0.05) is 17.7 Å². The van der Waals surface area contributed by atoms with Gasteiger partial charge in [0.1, 0.15) is 11.3 Å². The number of likely N-dealkylation sites (tertiary alicyclic amines) is 1. The van der Waals surface area contributed by atoms with Crippen LogP contribution in [-0.4, -0.2) is 93.9 Å². The lowest BCUT2D eigenvalue weighted by atomic mass is 9.78. The topological polar surface area (TPSA) is 132 Å². The van der Waals surface area contributed by atoms with Crippen molar-refractivity contribution in [3.05, 3.63) is 53.7 Å². The van der Waals surface area contributed by atoms with Crippen molar-refractivity contribution in [2.75, 3.05) is 39.3 Å². The Morgan fingerprint density at radius 3 is 2.36 bits per heavy atom. The van der Waals surface area contributed by atoms with E-state index in [1.807, 2.05) is 19.1 Å². The average molecular weight is 536 g/mol. The Morgan fingerprint density at radius 1 is 1.03 bits per heavy atom. The summed E-state index contributed by atoms with van der Waals surface area (Å²) in [6, 6.07) is 8.99. The van der Waals surface area contributed by atoms with E-state index in [4.69, 9.17) is 4.74 Å². The lowest BCUT2D eigenvalue weighted by Gasteiger charge is -2.47. The van der Waals surface area contributed by atoms with Gasteiger partial charge in [-0.3, -0.25) is 9.59 Å². The van der Waals surface area contributed by atoms with E-state index in [1.165, 1.54) is 4.90 Å². The molecule has 3 aliphatic rings. The third-order valence-corrected chi connectivity index (χ3v) is 7.79. The third kappa shape index (κ3) is 5.58. The molecule has 2 atom stereocenters. The summed E-state index contributed by atoms with van der Waals surface area (Å²) in [7, 11) is 0. The Morgan fingerprint density at radius 2 is 1.69 bits per heavy atom. The lowest BCUT2D eigenvalue weighted by Crippen LogP contribution is -2.69. The average Bonchev–Trinajstić information content (AvgIpc) is 2.95. The van der Waals surface area contributed by atoms with Crippen LogP contribution in [0, 0.1) is 18.8 Å². The van der Waals surface area contributed by atoms with Crippen LogP contribution in [0.5, 0.6) is 11.6 Å². The van der Waals surface area contributed by atoms with Crippen LogP contribution in [-0.2, 0) is 9.59 Å². The van der Waals surface area contributed by atoms with Gasteiger partial charge < -0.3 is 25.0 Å². The number of carboxylic acid groups (broad SMARTS) is 1. The fraction of sp³-hybridized carbons (Fsp3) is 0.464. The maximum absolute atomic E-state index is 13.3.